The second-order valence-electron chi connectivity index (χ2n) is 5.68. The number of carbonyl (C=O) groups excluding carboxylic acids is 1. The quantitative estimate of drug-likeness (QED) is 0.770. The molecule has 0 bridgehead atoms. The zero-order chi connectivity index (χ0) is 17.0. The van der Waals surface area contributed by atoms with Gasteiger partial charge in [-0.2, -0.15) is 4.68 Å². The van der Waals surface area contributed by atoms with Crippen LogP contribution in [0.25, 0.3) is 6.08 Å². The Hall–Kier alpha value is -2.68. The summed E-state index contributed by atoms with van der Waals surface area (Å²) in [5.74, 6) is -0.389. The standard InChI is InChI=1S/C15H14FN5O2S/c1-19-11-12(20(2)15(19)23)18-21-13(22)10(24-14(21)17-11)7-8-5-3-4-6-9(8)16/h3-7,11-12,18H,1-2H3/b10-7-. The summed E-state index contributed by atoms with van der Waals surface area (Å²) in [5.41, 5.74) is 3.07. The van der Waals surface area contributed by atoms with Gasteiger partial charge in [-0.3, -0.25) is 10.2 Å². The van der Waals surface area contributed by atoms with Gasteiger partial charge in [-0.05, 0) is 12.1 Å². The van der Waals surface area contributed by atoms with E-state index in [1.54, 1.807) is 32.3 Å². The topological polar surface area (TPSA) is 69.9 Å². The molecule has 0 spiro atoms. The van der Waals surface area contributed by atoms with Crippen molar-refractivity contribution < 1.29 is 9.18 Å². The summed E-state index contributed by atoms with van der Waals surface area (Å²) in [6.07, 6.45) is 0.699. The molecule has 2 aliphatic rings. The van der Waals surface area contributed by atoms with Crippen molar-refractivity contribution in [2.75, 3.05) is 19.5 Å². The van der Waals surface area contributed by atoms with Crippen LogP contribution in [0.2, 0.25) is 0 Å². The van der Waals surface area contributed by atoms with Crippen molar-refractivity contribution in [2.24, 2.45) is 4.99 Å². The van der Waals surface area contributed by atoms with Crippen LogP contribution in [-0.4, -0.2) is 46.9 Å². The predicted molar refractivity (Wildman–Crippen MR) is 87.2 cm³/mol. The van der Waals surface area contributed by atoms with Crippen molar-refractivity contribution >= 4 is 23.4 Å². The first-order chi connectivity index (χ1) is 11.5. The zero-order valence-electron chi connectivity index (χ0n) is 12.9. The van der Waals surface area contributed by atoms with Crippen LogP contribution in [0.1, 0.15) is 5.56 Å². The molecule has 1 N–H and O–H groups in total. The molecule has 9 heteroatoms. The van der Waals surface area contributed by atoms with E-state index in [9.17, 15) is 14.0 Å². The Balaban J connectivity index is 1.86. The van der Waals surface area contributed by atoms with Gasteiger partial charge in [0.05, 0.1) is 4.53 Å². The van der Waals surface area contributed by atoms with Crippen LogP contribution in [0, 0.1) is 5.82 Å². The first-order valence-electron chi connectivity index (χ1n) is 7.29. The smallest absolute Gasteiger partial charge is 0.302 e. The van der Waals surface area contributed by atoms with E-state index < -0.39 is 12.3 Å². The van der Waals surface area contributed by atoms with Gasteiger partial charge >= 0.3 is 6.03 Å². The molecule has 1 fully saturated rings. The highest BCUT2D eigenvalue weighted by Crippen LogP contribution is 2.20. The highest BCUT2D eigenvalue weighted by atomic mass is 32.1. The minimum Gasteiger partial charge on any atom is -0.302 e. The Morgan fingerprint density at radius 3 is 2.75 bits per heavy atom. The molecule has 0 saturated carbocycles. The zero-order valence-corrected chi connectivity index (χ0v) is 13.7. The third-order valence-corrected chi connectivity index (χ3v) is 5.19. The molecule has 2 amide bonds. The number of aromatic nitrogens is 1. The van der Waals surface area contributed by atoms with E-state index in [1.807, 2.05) is 0 Å². The Labute approximate surface area is 139 Å². The van der Waals surface area contributed by atoms with Gasteiger partial charge in [0.2, 0.25) is 4.80 Å². The fourth-order valence-corrected chi connectivity index (χ4v) is 3.80. The van der Waals surface area contributed by atoms with E-state index in [2.05, 4.69) is 10.4 Å². The van der Waals surface area contributed by atoms with Gasteiger partial charge in [-0.15, -0.1) is 0 Å². The Bertz CT molecular complexity index is 1010. The summed E-state index contributed by atoms with van der Waals surface area (Å²) in [7, 11) is 3.32. The van der Waals surface area contributed by atoms with Crippen molar-refractivity contribution in [3.8, 4) is 0 Å². The Kier molecular flexibility index (Phi) is 3.20. The summed E-state index contributed by atoms with van der Waals surface area (Å²) in [6.45, 7) is 0. The largest absolute Gasteiger partial charge is 0.323 e. The molecule has 2 aliphatic heterocycles. The van der Waals surface area contributed by atoms with Gasteiger partial charge in [0.25, 0.3) is 5.56 Å². The molecule has 1 saturated heterocycles. The van der Waals surface area contributed by atoms with E-state index >= 15 is 0 Å². The SMILES string of the molecule is CN1C(=O)N(C)C2Nn3c(s/c(=C\c4ccccc4F)c3=O)=NC21. The molecule has 2 aromatic rings. The molecule has 1 aromatic carbocycles. The highest BCUT2D eigenvalue weighted by Gasteiger charge is 2.44. The van der Waals surface area contributed by atoms with Gasteiger partial charge in [0.1, 0.15) is 5.82 Å². The number of halogens is 1. The van der Waals surface area contributed by atoms with Crippen molar-refractivity contribution in [3.63, 3.8) is 0 Å². The maximum atomic E-state index is 13.8. The third kappa shape index (κ3) is 2.04. The van der Waals surface area contributed by atoms with Crippen molar-refractivity contribution in [1.82, 2.24) is 14.5 Å². The van der Waals surface area contributed by atoms with E-state index in [1.165, 1.54) is 26.6 Å². The average molecular weight is 347 g/mol. The second kappa shape index (κ2) is 5.17. The molecule has 24 heavy (non-hydrogen) atoms. The lowest BCUT2D eigenvalue weighted by Crippen LogP contribution is -2.54. The van der Waals surface area contributed by atoms with E-state index in [4.69, 9.17) is 0 Å². The van der Waals surface area contributed by atoms with Crippen LogP contribution < -0.4 is 20.3 Å². The molecular weight excluding hydrogens is 333 g/mol. The van der Waals surface area contributed by atoms with E-state index in [0.717, 1.165) is 11.3 Å². The van der Waals surface area contributed by atoms with Crippen LogP contribution in [-0.2, 0) is 0 Å². The third-order valence-electron chi connectivity index (χ3n) is 4.20. The average Bonchev–Trinajstić information content (AvgIpc) is 2.99. The fourth-order valence-electron chi connectivity index (χ4n) is 2.86. The number of thiazole rings is 1. The monoisotopic (exact) mass is 347 g/mol. The van der Waals surface area contributed by atoms with E-state index in [-0.39, 0.29) is 17.4 Å². The number of benzene rings is 1. The number of carbonyl (C=O) groups is 1. The van der Waals surface area contributed by atoms with Gasteiger partial charge in [-0.25, -0.2) is 14.2 Å². The highest BCUT2D eigenvalue weighted by molar-refractivity contribution is 7.07. The summed E-state index contributed by atoms with van der Waals surface area (Å²) in [6, 6.07) is 6.10. The maximum Gasteiger partial charge on any atom is 0.323 e. The molecule has 124 valence electrons. The first kappa shape index (κ1) is 14.9. The van der Waals surface area contributed by atoms with Crippen molar-refractivity contribution in [3.05, 3.63) is 55.3 Å². The minimum absolute atomic E-state index is 0.164. The molecular formula is C15H14FN5O2S. The van der Waals surface area contributed by atoms with E-state index in [0.29, 0.717) is 14.9 Å². The molecule has 2 unspecified atom stereocenters. The fraction of sp³-hybridized carbons (Fsp3) is 0.267. The number of hydrogen-bond donors (Lipinski definition) is 1. The Morgan fingerprint density at radius 2 is 2.00 bits per heavy atom. The summed E-state index contributed by atoms with van der Waals surface area (Å²) in [4.78, 5) is 32.5. The first-order valence-corrected chi connectivity index (χ1v) is 8.11. The number of rotatable bonds is 1. The number of nitrogens with zero attached hydrogens (tertiary/aromatic N) is 4. The maximum absolute atomic E-state index is 13.8. The molecule has 3 heterocycles. The Morgan fingerprint density at radius 1 is 1.25 bits per heavy atom. The van der Waals surface area contributed by atoms with Crippen LogP contribution >= 0.6 is 11.3 Å². The van der Waals surface area contributed by atoms with Crippen LogP contribution in [0.3, 0.4) is 0 Å². The molecule has 2 atom stereocenters. The molecule has 1 aromatic heterocycles. The number of hydrogen-bond acceptors (Lipinski definition) is 5. The lowest BCUT2D eigenvalue weighted by atomic mass is 10.2. The minimum atomic E-state index is -0.413. The molecule has 0 radical (unpaired) electrons. The summed E-state index contributed by atoms with van der Waals surface area (Å²) >= 11 is 1.16. The summed E-state index contributed by atoms with van der Waals surface area (Å²) < 4.78 is 15.5. The predicted octanol–water partition coefficient (Wildman–Crippen LogP) is -0.296. The van der Waals surface area contributed by atoms with Crippen LogP contribution in [0.5, 0.6) is 0 Å². The lowest BCUT2D eigenvalue weighted by Gasteiger charge is -2.26. The van der Waals surface area contributed by atoms with Crippen molar-refractivity contribution in [1.29, 1.82) is 0 Å². The number of likely N-dealkylation sites (N-methyl/N-ethyl adjacent to an activating group) is 2. The number of nitrogens with one attached hydrogen (secondary N) is 1. The van der Waals surface area contributed by atoms with Gasteiger partial charge in [0, 0.05) is 19.7 Å². The number of urea groups is 1. The summed E-state index contributed by atoms with van der Waals surface area (Å²) in [5, 5.41) is 0. The molecule has 7 nitrogen and oxygen atoms in total. The molecule has 4 rings (SSSR count). The van der Waals surface area contributed by atoms with Gasteiger partial charge < -0.3 is 9.80 Å². The molecule has 0 aliphatic carbocycles. The number of fused-ring (bicyclic) bond motifs is 2. The van der Waals surface area contributed by atoms with Crippen LogP contribution in [0.4, 0.5) is 9.18 Å². The normalized spacial score (nSPS) is 23.0. The number of amides is 2. The van der Waals surface area contributed by atoms with Gasteiger partial charge in [0.15, 0.2) is 12.3 Å². The lowest BCUT2D eigenvalue weighted by molar-refractivity contribution is 0.200. The van der Waals surface area contributed by atoms with Gasteiger partial charge in [-0.1, -0.05) is 29.5 Å². The van der Waals surface area contributed by atoms with Crippen LogP contribution in [0.15, 0.2) is 34.1 Å². The second-order valence-corrected chi connectivity index (χ2v) is 6.69. The van der Waals surface area contributed by atoms with Crippen molar-refractivity contribution in [2.45, 2.75) is 12.3 Å².